The molecule has 2 heterocycles. The van der Waals surface area contributed by atoms with Crippen LogP contribution in [0, 0.1) is 8.99 Å². The molecule has 204 valence electrons. The molecule has 3 aromatic rings. The molecule has 1 aromatic carbocycles. The summed E-state index contributed by atoms with van der Waals surface area (Å²) in [5, 5.41) is 3.15. The summed E-state index contributed by atoms with van der Waals surface area (Å²) in [6.45, 7) is 10.5. The number of carbonyl (C=O) groups is 3. The third kappa shape index (κ3) is 5.43. The van der Waals surface area contributed by atoms with Crippen LogP contribution in [0.25, 0.3) is 22.2 Å². The van der Waals surface area contributed by atoms with Crippen LogP contribution >= 0.6 is 22.6 Å². The Bertz CT molecular complexity index is 1420. The lowest BCUT2D eigenvalue weighted by atomic mass is 10.0. The Labute approximate surface area is 232 Å². The molecule has 0 unspecified atom stereocenters. The van der Waals surface area contributed by atoms with Gasteiger partial charge >= 0.3 is 12.2 Å². The summed E-state index contributed by atoms with van der Waals surface area (Å²) < 4.78 is 41.9. The Hall–Kier alpha value is -2.96. The maximum atomic E-state index is 13.8. The molecule has 4 rings (SSSR count). The number of alkyl halides is 2. The first-order chi connectivity index (χ1) is 17.5. The number of aromatic nitrogens is 2. The number of fused-ring (bicyclic) bond motifs is 1. The molecule has 0 spiro atoms. The standard InChI is InChI=1S/C27H30F2IN3O5/c1-25(2,3)37-23(35)32-13-9-15-18(32)8-7-16(19(15)31-22(34)27(11-12-27)21(28)29)20-17(30)10-14-33(20)24(36)38-26(4,5)6/h7-10,13-14,21H,11-12H2,1-6H3,(H,31,34). The van der Waals surface area contributed by atoms with Gasteiger partial charge in [-0.2, -0.15) is 0 Å². The van der Waals surface area contributed by atoms with Gasteiger partial charge in [-0.25, -0.2) is 18.4 Å². The van der Waals surface area contributed by atoms with Gasteiger partial charge in [-0.05, 0) is 101 Å². The van der Waals surface area contributed by atoms with Gasteiger partial charge in [0, 0.05) is 26.9 Å². The van der Waals surface area contributed by atoms with Crippen LogP contribution in [0.4, 0.5) is 24.1 Å². The molecule has 0 saturated heterocycles. The molecule has 0 atom stereocenters. The average Bonchev–Trinajstić information content (AvgIpc) is 3.34. The van der Waals surface area contributed by atoms with Crippen molar-refractivity contribution in [1.29, 1.82) is 0 Å². The van der Waals surface area contributed by atoms with Crippen molar-refractivity contribution in [2.24, 2.45) is 5.41 Å². The van der Waals surface area contributed by atoms with E-state index in [9.17, 15) is 23.2 Å². The van der Waals surface area contributed by atoms with Crippen LogP contribution in [0.1, 0.15) is 54.4 Å². The van der Waals surface area contributed by atoms with Crippen LogP contribution in [0.2, 0.25) is 0 Å². The highest BCUT2D eigenvalue weighted by Gasteiger charge is 2.57. The number of anilines is 1. The largest absolute Gasteiger partial charge is 0.443 e. The van der Waals surface area contributed by atoms with E-state index in [2.05, 4.69) is 27.9 Å². The van der Waals surface area contributed by atoms with E-state index in [0.717, 1.165) is 0 Å². The van der Waals surface area contributed by atoms with Gasteiger partial charge in [0.05, 0.1) is 16.9 Å². The van der Waals surface area contributed by atoms with Crippen molar-refractivity contribution in [3.05, 3.63) is 40.2 Å². The second-order valence-corrected chi connectivity index (χ2v) is 12.5. The highest BCUT2D eigenvalue weighted by atomic mass is 127. The lowest BCUT2D eigenvalue weighted by molar-refractivity contribution is -0.126. The third-order valence-electron chi connectivity index (χ3n) is 6.04. The summed E-state index contributed by atoms with van der Waals surface area (Å²) >= 11 is 2.06. The Kier molecular flexibility index (Phi) is 7.13. The number of amides is 1. The summed E-state index contributed by atoms with van der Waals surface area (Å²) in [6, 6.07) is 6.61. The summed E-state index contributed by atoms with van der Waals surface area (Å²) in [6.07, 6.45) is -0.882. The van der Waals surface area contributed by atoms with Gasteiger partial charge < -0.3 is 14.8 Å². The first kappa shape index (κ1) is 28.1. The van der Waals surface area contributed by atoms with Crippen LogP contribution < -0.4 is 5.32 Å². The zero-order chi connectivity index (χ0) is 28.2. The quantitative estimate of drug-likeness (QED) is 0.303. The lowest BCUT2D eigenvalue weighted by Crippen LogP contribution is -2.30. The number of halogens is 3. The number of hydrogen-bond donors (Lipinski definition) is 1. The fourth-order valence-electron chi connectivity index (χ4n) is 4.07. The summed E-state index contributed by atoms with van der Waals surface area (Å²) in [4.78, 5) is 39.0. The molecule has 1 fully saturated rings. The fraction of sp³-hybridized carbons (Fsp3) is 0.444. The topological polar surface area (TPSA) is 91.6 Å². The van der Waals surface area contributed by atoms with Crippen LogP contribution in [-0.2, 0) is 14.3 Å². The van der Waals surface area contributed by atoms with E-state index in [1.54, 1.807) is 72.0 Å². The molecule has 0 bridgehead atoms. The first-order valence-electron chi connectivity index (χ1n) is 12.1. The summed E-state index contributed by atoms with van der Waals surface area (Å²) in [5.74, 6) is -0.809. The SMILES string of the molecule is CC(C)(C)OC(=O)n1ccc(I)c1-c1ccc2c(ccn2C(=O)OC(C)(C)C)c1NC(=O)C1(C(F)F)CC1. The van der Waals surface area contributed by atoms with Gasteiger partial charge in [0.2, 0.25) is 5.91 Å². The number of benzene rings is 1. The zero-order valence-corrected chi connectivity index (χ0v) is 24.2. The van der Waals surface area contributed by atoms with Crippen molar-refractivity contribution in [3.63, 3.8) is 0 Å². The summed E-state index contributed by atoms with van der Waals surface area (Å²) in [5.41, 5.74) is -1.81. The zero-order valence-electron chi connectivity index (χ0n) is 22.0. The van der Waals surface area contributed by atoms with Gasteiger partial charge in [0.25, 0.3) is 6.43 Å². The molecule has 2 aromatic heterocycles. The maximum Gasteiger partial charge on any atom is 0.419 e. The Balaban J connectivity index is 1.89. The van der Waals surface area contributed by atoms with Gasteiger partial charge in [0.1, 0.15) is 16.6 Å². The Morgan fingerprint density at radius 3 is 2.00 bits per heavy atom. The minimum absolute atomic E-state index is 0.0759. The van der Waals surface area contributed by atoms with E-state index >= 15 is 0 Å². The van der Waals surface area contributed by atoms with E-state index < -0.39 is 41.1 Å². The van der Waals surface area contributed by atoms with Crippen molar-refractivity contribution >= 4 is 57.3 Å². The second-order valence-electron chi connectivity index (χ2n) is 11.4. The van der Waals surface area contributed by atoms with E-state index in [0.29, 0.717) is 25.7 Å². The number of nitrogens with one attached hydrogen (secondary N) is 1. The highest BCUT2D eigenvalue weighted by Crippen LogP contribution is 2.52. The molecular weight excluding hydrogens is 611 g/mol. The number of ether oxygens (including phenoxy) is 2. The van der Waals surface area contributed by atoms with E-state index in [1.807, 2.05) is 0 Å². The first-order valence-corrected chi connectivity index (χ1v) is 13.2. The predicted octanol–water partition coefficient (Wildman–Crippen LogP) is 7.26. The molecule has 1 amide bonds. The summed E-state index contributed by atoms with van der Waals surface area (Å²) in [7, 11) is 0. The minimum Gasteiger partial charge on any atom is -0.443 e. The molecule has 1 aliphatic rings. The predicted molar refractivity (Wildman–Crippen MR) is 148 cm³/mol. The fourth-order valence-corrected chi connectivity index (χ4v) is 4.78. The van der Waals surface area contributed by atoms with Gasteiger partial charge in [0.15, 0.2) is 0 Å². The lowest BCUT2D eigenvalue weighted by Gasteiger charge is -2.22. The molecule has 38 heavy (non-hydrogen) atoms. The van der Waals surface area contributed by atoms with Gasteiger partial charge in [-0.3, -0.25) is 13.9 Å². The van der Waals surface area contributed by atoms with E-state index in [1.165, 1.54) is 15.3 Å². The van der Waals surface area contributed by atoms with E-state index in [-0.39, 0.29) is 18.5 Å². The van der Waals surface area contributed by atoms with Crippen molar-refractivity contribution < 1.29 is 32.6 Å². The van der Waals surface area contributed by atoms with Crippen molar-refractivity contribution in [1.82, 2.24) is 9.13 Å². The molecule has 1 aliphatic carbocycles. The third-order valence-corrected chi connectivity index (χ3v) is 6.91. The molecule has 0 radical (unpaired) electrons. The highest BCUT2D eigenvalue weighted by molar-refractivity contribution is 14.1. The Morgan fingerprint density at radius 2 is 1.47 bits per heavy atom. The van der Waals surface area contributed by atoms with Crippen molar-refractivity contribution in [3.8, 4) is 11.3 Å². The van der Waals surface area contributed by atoms with Crippen LogP contribution in [0.3, 0.4) is 0 Å². The van der Waals surface area contributed by atoms with Crippen molar-refractivity contribution in [2.45, 2.75) is 72.0 Å². The minimum atomic E-state index is -2.82. The number of nitrogens with zero attached hydrogens (tertiary/aromatic N) is 2. The molecular formula is C27H30F2IN3O5. The molecule has 1 N–H and O–H groups in total. The maximum absolute atomic E-state index is 13.8. The monoisotopic (exact) mass is 641 g/mol. The Morgan fingerprint density at radius 1 is 0.921 bits per heavy atom. The van der Waals surface area contributed by atoms with Crippen LogP contribution in [0.5, 0.6) is 0 Å². The van der Waals surface area contributed by atoms with Crippen LogP contribution in [-0.4, -0.2) is 44.9 Å². The van der Waals surface area contributed by atoms with Gasteiger partial charge in [-0.1, -0.05) is 0 Å². The number of hydrogen-bond acceptors (Lipinski definition) is 5. The molecule has 11 heteroatoms. The van der Waals surface area contributed by atoms with E-state index in [4.69, 9.17) is 9.47 Å². The normalized spacial score (nSPS) is 15.0. The molecule has 0 aliphatic heterocycles. The van der Waals surface area contributed by atoms with Crippen LogP contribution in [0.15, 0.2) is 36.7 Å². The number of carbonyl (C=O) groups excluding carboxylic acids is 3. The average molecular weight is 641 g/mol. The molecule has 1 saturated carbocycles. The smallest absolute Gasteiger partial charge is 0.419 e. The second kappa shape index (κ2) is 9.65. The molecule has 8 nitrogen and oxygen atoms in total. The number of rotatable bonds is 4. The van der Waals surface area contributed by atoms with Crippen molar-refractivity contribution in [2.75, 3.05) is 5.32 Å². The van der Waals surface area contributed by atoms with Gasteiger partial charge in [-0.15, -0.1) is 0 Å².